The predicted molar refractivity (Wildman–Crippen MR) is 121 cm³/mol. The second-order valence-corrected chi connectivity index (χ2v) is 8.12. The van der Waals surface area contributed by atoms with Gasteiger partial charge in [0.25, 0.3) is 0 Å². The zero-order chi connectivity index (χ0) is 21.1. The molecular weight excluding hydrogens is 360 g/mol. The minimum absolute atomic E-state index is 0.198. The van der Waals surface area contributed by atoms with E-state index < -0.39 is 0 Å². The fraction of sp³-hybridized carbons (Fsp3) is 0.520. The number of hydrogen-bond donors (Lipinski definition) is 4. The summed E-state index contributed by atoms with van der Waals surface area (Å²) in [6.45, 7) is 3.02. The van der Waals surface area contributed by atoms with Gasteiger partial charge >= 0.3 is 0 Å². The average Bonchev–Trinajstić information content (AvgIpc) is 3.35. The van der Waals surface area contributed by atoms with Gasteiger partial charge in [-0.25, -0.2) is 0 Å². The molecule has 0 aliphatic heterocycles. The lowest BCUT2D eigenvalue weighted by Gasteiger charge is -2.16. The standard InChI is InChI=1S/C15H23NO.C9H10O.CH5N/c1-12-7-8-14(9-12)16-11-15(17)10-13-5-3-2-4-6-13;10-9-6-5-7-3-1-2-4-8(7)9;1-2/h2-6,12,14-17H,7-11H2,1H3;1-4,9-10H,5-6H2;2H2,1H3/t12?,14?,15-;;/m0../s1. The second kappa shape index (κ2) is 12.8. The maximum atomic E-state index is 9.97. The van der Waals surface area contributed by atoms with Gasteiger partial charge in [0.2, 0.25) is 0 Å². The van der Waals surface area contributed by atoms with Gasteiger partial charge in [-0.3, -0.25) is 0 Å². The van der Waals surface area contributed by atoms with Gasteiger partial charge in [0, 0.05) is 12.6 Å². The molecule has 29 heavy (non-hydrogen) atoms. The van der Waals surface area contributed by atoms with Crippen molar-refractivity contribution in [2.24, 2.45) is 11.7 Å². The molecule has 1 saturated carbocycles. The van der Waals surface area contributed by atoms with Crippen molar-refractivity contribution in [3.8, 4) is 0 Å². The number of fused-ring (bicyclic) bond motifs is 1. The highest BCUT2D eigenvalue weighted by Gasteiger charge is 2.21. The van der Waals surface area contributed by atoms with E-state index in [4.69, 9.17) is 0 Å². The molecule has 2 aliphatic carbocycles. The molecule has 4 atom stereocenters. The minimum atomic E-state index is -0.270. The van der Waals surface area contributed by atoms with Gasteiger partial charge in [0.15, 0.2) is 0 Å². The quantitative estimate of drug-likeness (QED) is 0.620. The molecule has 0 aromatic heterocycles. The first-order chi connectivity index (χ1) is 14.1. The molecule has 2 aliphatic rings. The highest BCUT2D eigenvalue weighted by molar-refractivity contribution is 5.32. The maximum Gasteiger partial charge on any atom is 0.0795 e. The smallest absolute Gasteiger partial charge is 0.0795 e. The number of aliphatic hydroxyl groups excluding tert-OH is 2. The van der Waals surface area contributed by atoms with Gasteiger partial charge in [0.05, 0.1) is 12.2 Å². The lowest BCUT2D eigenvalue weighted by atomic mass is 10.1. The molecule has 5 N–H and O–H groups in total. The molecule has 0 saturated heterocycles. The summed E-state index contributed by atoms with van der Waals surface area (Å²) >= 11 is 0. The summed E-state index contributed by atoms with van der Waals surface area (Å²) in [5, 5.41) is 22.8. The Morgan fingerprint density at radius 3 is 2.34 bits per heavy atom. The molecule has 1 fully saturated rings. The van der Waals surface area contributed by atoms with Crippen LogP contribution >= 0.6 is 0 Å². The number of benzene rings is 2. The van der Waals surface area contributed by atoms with Gasteiger partial charge in [-0.1, -0.05) is 61.5 Å². The van der Waals surface area contributed by atoms with Crippen molar-refractivity contribution in [1.29, 1.82) is 0 Å². The molecule has 0 amide bonds. The lowest BCUT2D eigenvalue weighted by Crippen LogP contribution is -2.35. The Hall–Kier alpha value is -1.72. The molecule has 2 aromatic rings. The van der Waals surface area contributed by atoms with Crippen molar-refractivity contribution in [3.63, 3.8) is 0 Å². The first kappa shape index (κ1) is 23.6. The van der Waals surface area contributed by atoms with Crippen LogP contribution in [0.3, 0.4) is 0 Å². The molecule has 0 spiro atoms. The van der Waals surface area contributed by atoms with E-state index >= 15 is 0 Å². The van der Waals surface area contributed by atoms with Crippen LogP contribution in [0.2, 0.25) is 0 Å². The summed E-state index contributed by atoms with van der Waals surface area (Å²) in [6.07, 6.45) is 6.07. The normalized spacial score (nSPS) is 23.3. The van der Waals surface area contributed by atoms with E-state index in [1.807, 2.05) is 36.4 Å². The van der Waals surface area contributed by atoms with Crippen LogP contribution < -0.4 is 11.1 Å². The maximum absolute atomic E-state index is 9.97. The molecule has 0 bridgehead atoms. The molecule has 2 aromatic carbocycles. The summed E-state index contributed by atoms with van der Waals surface area (Å²) in [4.78, 5) is 0. The summed E-state index contributed by atoms with van der Waals surface area (Å²) < 4.78 is 0. The molecule has 4 nitrogen and oxygen atoms in total. The van der Waals surface area contributed by atoms with Crippen LogP contribution in [-0.4, -0.2) is 36.0 Å². The van der Waals surface area contributed by atoms with Crippen molar-refractivity contribution in [3.05, 3.63) is 71.3 Å². The van der Waals surface area contributed by atoms with Gasteiger partial charge < -0.3 is 21.3 Å². The summed E-state index contributed by atoms with van der Waals surface area (Å²) in [7, 11) is 1.50. The molecule has 3 unspecified atom stereocenters. The van der Waals surface area contributed by atoms with Crippen LogP contribution in [0.5, 0.6) is 0 Å². The first-order valence-electron chi connectivity index (χ1n) is 10.9. The highest BCUT2D eigenvalue weighted by Crippen LogP contribution is 2.29. The summed E-state index contributed by atoms with van der Waals surface area (Å²) in [5.41, 5.74) is 8.15. The third-order valence-corrected chi connectivity index (χ3v) is 5.75. The molecule has 0 heterocycles. The van der Waals surface area contributed by atoms with Crippen LogP contribution in [0.15, 0.2) is 54.6 Å². The molecule has 4 heteroatoms. The molecule has 0 radical (unpaired) electrons. The predicted octanol–water partition coefficient (Wildman–Crippen LogP) is 3.61. The number of aryl methyl sites for hydroxylation is 1. The molecular formula is C25H38N2O2. The zero-order valence-electron chi connectivity index (χ0n) is 17.9. The van der Waals surface area contributed by atoms with E-state index in [1.165, 1.54) is 37.4 Å². The van der Waals surface area contributed by atoms with Gasteiger partial charge in [-0.15, -0.1) is 0 Å². The van der Waals surface area contributed by atoms with E-state index in [0.717, 1.165) is 30.7 Å². The molecule has 4 rings (SSSR count). The first-order valence-corrected chi connectivity index (χ1v) is 10.9. The minimum Gasteiger partial charge on any atom is -0.391 e. The zero-order valence-corrected chi connectivity index (χ0v) is 17.9. The monoisotopic (exact) mass is 398 g/mol. The van der Waals surface area contributed by atoms with E-state index in [0.29, 0.717) is 12.6 Å². The van der Waals surface area contributed by atoms with E-state index in [2.05, 4.69) is 36.2 Å². The Morgan fingerprint density at radius 2 is 1.69 bits per heavy atom. The number of hydrogen-bond acceptors (Lipinski definition) is 4. The average molecular weight is 399 g/mol. The van der Waals surface area contributed by atoms with Gasteiger partial charge in [-0.2, -0.15) is 0 Å². The fourth-order valence-electron chi connectivity index (χ4n) is 4.19. The SMILES string of the molecule is CC1CCC(NC[C@@H](O)Cc2ccccc2)C1.CN.OC1CCc2ccccc21. The van der Waals surface area contributed by atoms with Crippen LogP contribution in [0, 0.1) is 5.92 Å². The number of aliphatic hydroxyl groups is 2. The largest absolute Gasteiger partial charge is 0.391 e. The van der Waals surface area contributed by atoms with Crippen LogP contribution in [0.1, 0.15) is 55.4 Å². The topological polar surface area (TPSA) is 78.5 Å². The number of nitrogens with two attached hydrogens (primary N) is 1. The Balaban J connectivity index is 0.000000212. The summed E-state index contributed by atoms with van der Waals surface area (Å²) in [5.74, 6) is 0.846. The summed E-state index contributed by atoms with van der Waals surface area (Å²) in [6, 6.07) is 18.9. The van der Waals surface area contributed by atoms with E-state index in [-0.39, 0.29) is 12.2 Å². The van der Waals surface area contributed by atoms with Gasteiger partial charge in [-0.05, 0) is 68.2 Å². The lowest BCUT2D eigenvalue weighted by molar-refractivity contribution is 0.167. The van der Waals surface area contributed by atoms with Crippen molar-refractivity contribution >= 4 is 0 Å². The Kier molecular flexibility index (Phi) is 10.4. The Bertz CT molecular complexity index is 692. The third kappa shape index (κ3) is 7.90. The fourth-order valence-corrected chi connectivity index (χ4v) is 4.19. The van der Waals surface area contributed by atoms with Gasteiger partial charge in [0.1, 0.15) is 0 Å². The highest BCUT2D eigenvalue weighted by atomic mass is 16.3. The van der Waals surface area contributed by atoms with Crippen LogP contribution in [-0.2, 0) is 12.8 Å². The van der Waals surface area contributed by atoms with Crippen molar-refractivity contribution < 1.29 is 10.2 Å². The third-order valence-electron chi connectivity index (χ3n) is 5.75. The Morgan fingerprint density at radius 1 is 1.00 bits per heavy atom. The number of rotatable bonds is 5. The van der Waals surface area contributed by atoms with Crippen molar-refractivity contribution in [2.75, 3.05) is 13.6 Å². The molecule has 160 valence electrons. The van der Waals surface area contributed by atoms with Crippen LogP contribution in [0.4, 0.5) is 0 Å². The van der Waals surface area contributed by atoms with E-state index in [9.17, 15) is 10.2 Å². The van der Waals surface area contributed by atoms with Crippen molar-refractivity contribution in [1.82, 2.24) is 5.32 Å². The van der Waals surface area contributed by atoms with E-state index in [1.54, 1.807) is 0 Å². The second-order valence-electron chi connectivity index (χ2n) is 8.12. The van der Waals surface area contributed by atoms with Crippen molar-refractivity contribution in [2.45, 2.75) is 63.7 Å². The number of nitrogens with one attached hydrogen (secondary N) is 1. The van der Waals surface area contributed by atoms with Crippen LogP contribution in [0.25, 0.3) is 0 Å². The Labute approximate surface area is 176 Å².